The Morgan fingerprint density at radius 1 is 1.44 bits per heavy atom. The standard InChI is InChI=1S/C14H12ClNO2/c1-2-11-10(6-7-18-9-17)8-16-14-12(11)4-3-5-13(14)15/h2-5,8-9H,1,6-7H2. The first-order chi connectivity index (χ1) is 8.77. The summed E-state index contributed by atoms with van der Waals surface area (Å²) in [4.78, 5) is 14.5. The number of halogens is 1. The van der Waals surface area contributed by atoms with Crippen molar-refractivity contribution in [2.45, 2.75) is 6.42 Å². The molecule has 0 radical (unpaired) electrons. The second kappa shape index (κ2) is 5.65. The van der Waals surface area contributed by atoms with Gasteiger partial charge < -0.3 is 4.74 Å². The van der Waals surface area contributed by atoms with Crippen molar-refractivity contribution in [3.63, 3.8) is 0 Å². The number of para-hydroxylation sites is 1. The molecule has 2 rings (SSSR count). The van der Waals surface area contributed by atoms with E-state index in [-0.39, 0.29) is 0 Å². The van der Waals surface area contributed by atoms with Crippen LogP contribution in [0.1, 0.15) is 11.1 Å². The molecule has 0 spiro atoms. The molecule has 0 unspecified atom stereocenters. The molecule has 0 bridgehead atoms. The molecule has 0 amide bonds. The number of rotatable bonds is 5. The molecule has 0 aliphatic heterocycles. The minimum atomic E-state index is 0.331. The van der Waals surface area contributed by atoms with Crippen LogP contribution in [0.2, 0.25) is 5.02 Å². The summed E-state index contributed by atoms with van der Waals surface area (Å²) < 4.78 is 4.70. The van der Waals surface area contributed by atoms with Crippen molar-refractivity contribution in [2.24, 2.45) is 0 Å². The lowest BCUT2D eigenvalue weighted by atomic mass is 10.0. The van der Waals surface area contributed by atoms with Gasteiger partial charge >= 0.3 is 0 Å². The number of nitrogens with zero attached hydrogens (tertiary/aromatic N) is 1. The third-order valence-electron chi connectivity index (χ3n) is 2.73. The maximum atomic E-state index is 10.1. The lowest BCUT2D eigenvalue weighted by Crippen LogP contribution is -2.00. The van der Waals surface area contributed by atoms with Gasteiger partial charge in [-0.15, -0.1) is 0 Å². The van der Waals surface area contributed by atoms with Crippen molar-refractivity contribution >= 4 is 35.1 Å². The normalized spacial score (nSPS) is 10.3. The van der Waals surface area contributed by atoms with Crippen molar-refractivity contribution in [3.8, 4) is 0 Å². The van der Waals surface area contributed by atoms with Gasteiger partial charge in [-0.2, -0.15) is 0 Å². The minimum Gasteiger partial charge on any atom is -0.468 e. The average Bonchev–Trinajstić information content (AvgIpc) is 2.39. The number of carbonyl (C=O) groups is 1. The van der Waals surface area contributed by atoms with E-state index in [0.717, 1.165) is 22.0 Å². The molecule has 2 aromatic rings. The Morgan fingerprint density at radius 3 is 3.00 bits per heavy atom. The molecule has 1 aromatic carbocycles. The lowest BCUT2D eigenvalue weighted by molar-refractivity contribution is -0.128. The van der Waals surface area contributed by atoms with Crippen molar-refractivity contribution in [1.29, 1.82) is 0 Å². The van der Waals surface area contributed by atoms with Crippen LogP contribution in [0.25, 0.3) is 17.0 Å². The smallest absolute Gasteiger partial charge is 0.293 e. The highest BCUT2D eigenvalue weighted by Crippen LogP contribution is 2.27. The van der Waals surface area contributed by atoms with E-state index >= 15 is 0 Å². The van der Waals surface area contributed by atoms with Gasteiger partial charge in [0.1, 0.15) is 0 Å². The number of fused-ring (bicyclic) bond motifs is 1. The number of hydrogen-bond acceptors (Lipinski definition) is 3. The van der Waals surface area contributed by atoms with Crippen LogP contribution in [-0.2, 0) is 16.0 Å². The molecule has 4 heteroatoms. The van der Waals surface area contributed by atoms with Crippen LogP contribution >= 0.6 is 11.6 Å². The van der Waals surface area contributed by atoms with Crippen molar-refractivity contribution in [3.05, 3.63) is 47.1 Å². The average molecular weight is 262 g/mol. The Morgan fingerprint density at radius 2 is 2.28 bits per heavy atom. The molecule has 0 N–H and O–H groups in total. The molecular weight excluding hydrogens is 250 g/mol. The van der Waals surface area contributed by atoms with Gasteiger partial charge in [-0.05, 0) is 17.2 Å². The van der Waals surface area contributed by atoms with Gasteiger partial charge in [0.2, 0.25) is 0 Å². The molecule has 0 atom stereocenters. The molecule has 0 aliphatic rings. The topological polar surface area (TPSA) is 39.2 Å². The summed E-state index contributed by atoms with van der Waals surface area (Å²) in [5.41, 5.74) is 2.73. The van der Waals surface area contributed by atoms with E-state index in [1.165, 1.54) is 0 Å². The number of aromatic nitrogens is 1. The molecule has 18 heavy (non-hydrogen) atoms. The fraction of sp³-hybridized carbons (Fsp3) is 0.143. The first-order valence-corrected chi connectivity index (χ1v) is 5.89. The fourth-order valence-corrected chi connectivity index (χ4v) is 2.13. The Bertz CT molecular complexity index is 596. The SMILES string of the molecule is C=Cc1c(CCOC=O)cnc2c(Cl)cccc12. The molecule has 0 fully saturated rings. The van der Waals surface area contributed by atoms with E-state index in [2.05, 4.69) is 11.6 Å². The molecule has 0 aliphatic carbocycles. The molecule has 0 saturated heterocycles. The predicted molar refractivity (Wildman–Crippen MR) is 72.6 cm³/mol. The molecule has 1 heterocycles. The Hall–Kier alpha value is -1.87. The van der Waals surface area contributed by atoms with E-state index in [0.29, 0.717) is 24.5 Å². The van der Waals surface area contributed by atoms with E-state index in [4.69, 9.17) is 16.3 Å². The van der Waals surface area contributed by atoms with Crippen LogP contribution in [0.3, 0.4) is 0 Å². The quantitative estimate of drug-likeness (QED) is 0.613. The number of hydrogen-bond donors (Lipinski definition) is 0. The van der Waals surface area contributed by atoms with Gasteiger partial charge in [0.25, 0.3) is 6.47 Å². The lowest BCUT2D eigenvalue weighted by Gasteiger charge is -2.09. The van der Waals surface area contributed by atoms with Gasteiger partial charge in [-0.25, -0.2) is 0 Å². The van der Waals surface area contributed by atoms with Crippen molar-refractivity contribution in [1.82, 2.24) is 4.98 Å². The zero-order chi connectivity index (χ0) is 13.0. The van der Waals surface area contributed by atoms with E-state index in [1.54, 1.807) is 18.3 Å². The predicted octanol–water partition coefficient (Wildman–Crippen LogP) is 3.25. The minimum absolute atomic E-state index is 0.331. The largest absolute Gasteiger partial charge is 0.468 e. The second-order valence-corrected chi connectivity index (χ2v) is 4.16. The third kappa shape index (κ3) is 2.36. The van der Waals surface area contributed by atoms with Crippen LogP contribution in [-0.4, -0.2) is 18.1 Å². The number of ether oxygens (including phenoxy) is 1. The van der Waals surface area contributed by atoms with Gasteiger partial charge in [-0.1, -0.05) is 36.4 Å². The Kier molecular flexibility index (Phi) is 3.95. The van der Waals surface area contributed by atoms with Gasteiger partial charge in [0.15, 0.2) is 0 Å². The highest BCUT2D eigenvalue weighted by molar-refractivity contribution is 6.35. The van der Waals surface area contributed by atoms with Crippen molar-refractivity contribution in [2.75, 3.05) is 6.61 Å². The van der Waals surface area contributed by atoms with E-state index in [9.17, 15) is 4.79 Å². The highest BCUT2D eigenvalue weighted by atomic mass is 35.5. The summed E-state index contributed by atoms with van der Waals surface area (Å²) in [6, 6.07) is 5.64. The zero-order valence-electron chi connectivity index (χ0n) is 9.73. The van der Waals surface area contributed by atoms with Gasteiger partial charge in [0.05, 0.1) is 17.1 Å². The summed E-state index contributed by atoms with van der Waals surface area (Å²) in [5.74, 6) is 0. The summed E-state index contributed by atoms with van der Waals surface area (Å²) in [7, 11) is 0. The first kappa shape index (κ1) is 12.6. The number of benzene rings is 1. The zero-order valence-corrected chi connectivity index (χ0v) is 10.5. The van der Waals surface area contributed by atoms with Crippen molar-refractivity contribution < 1.29 is 9.53 Å². The molecule has 3 nitrogen and oxygen atoms in total. The maximum absolute atomic E-state index is 10.1. The second-order valence-electron chi connectivity index (χ2n) is 3.75. The highest BCUT2D eigenvalue weighted by Gasteiger charge is 2.08. The summed E-state index contributed by atoms with van der Waals surface area (Å²) >= 11 is 6.10. The summed E-state index contributed by atoms with van der Waals surface area (Å²) in [5, 5.41) is 1.58. The summed E-state index contributed by atoms with van der Waals surface area (Å²) in [6.07, 6.45) is 4.13. The first-order valence-electron chi connectivity index (χ1n) is 5.51. The number of carbonyl (C=O) groups excluding carboxylic acids is 1. The molecule has 92 valence electrons. The fourth-order valence-electron chi connectivity index (χ4n) is 1.91. The number of pyridine rings is 1. The van der Waals surface area contributed by atoms with Crippen LogP contribution in [0.15, 0.2) is 31.0 Å². The monoisotopic (exact) mass is 261 g/mol. The third-order valence-corrected chi connectivity index (χ3v) is 3.04. The van der Waals surface area contributed by atoms with Crippen LogP contribution in [0, 0.1) is 0 Å². The van der Waals surface area contributed by atoms with E-state index in [1.807, 2.05) is 12.1 Å². The molecule has 0 saturated carbocycles. The van der Waals surface area contributed by atoms with Crippen LogP contribution < -0.4 is 0 Å². The Balaban J connectivity index is 2.49. The van der Waals surface area contributed by atoms with Gasteiger partial charge in [0, 0.05) is 18.0 Å². The maximum Gasteiger partial charge on any atom is 0.293 e. The summed E-state index contributed by atoms with van der Waals surface area (Å²) in [6.45, 7) is 4.59. The van der Waals surface area contributed by atoms with E-state index < -0.39 is 0 Å². The van der Waals surface area contributed by atoms with Crippen LogP contribution in [0.4, 0.5) is 0 Å². The Labute approximate surface area is 110 Å². The molecule has 1 aromatic heterocycles. The molecular formula is C14H12ClNO2. The van der Waals surface area contributed by atoms with Gasteiger partial charge in [-0.3, -0.25) is 9.78 Å². The van der Waals surface area contributed by atoms with Crippen LogP contribution in [0.5, 0.6) is 0 Å².